The second kappa shape index (κ2) is 7.92. The Balaban J connectivity index is 2.32. The predicted octanol–water partition coefficient (Wildman–Crippen LogP) is 2.54. The highest BCUT2D eigenvalue weighted by molar-refractivity contribution is 7.11. The summed E-state index contributed by atoms with van der Waals surface area (Å²) in [6, 6.07) is 0. The van der Waals surface area contributed by atoms with E-state index < -0.39 is 0 Å². The molecule has 1 atom stereocenters. The average Bonchev–Trinajstić information content (AvgIpc) is 2.75. The zero-order chi connectivity index (χ0) is 14.3. The lowest BCUT2D eigenvalue weighted by Gasteiger charge is -2.26. The van der Waals surface area contributed by atoms with Crippen LogP contribution in [-0.4, -0.2) is 37.0 Å². The Bertz CT molecular complexity index is 360. The van der Waals surface area contributed by atoms with Gasteiger partial charge in [0.15, 0.2) is 0 Å². The van der Waals surface area contributed by atoms with Crippen LogP contribution in [0.25, 0.3) is 0 Å². The van der Waals surface area contributed by atoms with Crippen LogP contribution in [0, 0.1) is 11.3 Å². The quantitative estimate of drug-likeness (QED) is 0.746. The van der Waals surface area contributed by atoms with Crippen LogP contribution in [0.1, 0.15) is 37.7 Å². The number of rotatable bonds is 8. The van der Waals surface area contributed by atoms with Crippen LogP contribution in [0.5, 0.6) is 0 Å². The topological polar surface area (TPSA) is 47.0 Å². The highest BCUT2D eigenvalue weighted by Gasteiger charge is 2.21. The van der Waals surface area contributed by atoms with Crippen LogP contribution in [0.3, 0.4) is 0 Å². The van der Waals surface area contributed by atoms with Gasteiger partial charge < -0.3 is 10.1 Å². The first-order chi connectivity index (χ1) is 8.93. The molecule has 0 amide bonds. The maximum Gasteiger partial charge on any atom is 0.118 e. The Labute approximate surface area is 121 Å². The Hall–Kier alpha value is -0.520. The summed E-state index contributed by atoms with van der Waals surface area (Å²) in [6.07, 6.45) is 1.98. The maximum absolute atomic E-state index is 4.99. The van der Waals surface area contributed by atoms with Gasteiger partial charge in [-0.05, 0) is 11.3 Å². The van der Waals surface area contributed by atoms with Crippen LogP contribution in [0.2, 0.25) is 0 Å². The van der Waals surface area contributed by atoms with Crippen molar-refractivity contribution in [3.63, 3.8) is 0 Å². The molecule has 110 valence electrons. The highest BCUT2D eigenvalue weighted by Crippen LogP contribution is 2.29. The summed E-state index contributed by atoms with van der Waals surface area (Å²) in [5, 5.41) is 14.2. The van der Waals surface area contributed by atoms with Gasteiger partial charge in [-0.2, -0.15) is 0 Å². The van der Waals surface area contributed by atoms with Crippen molar-refractivity contribution in [3.8, 4) is 0 Å². The van der Waals surface area contributed by atoms with Gasteiger partial charge >= 0.3 is 0 Å². The molecule has 1 aromatic heterocycles. The minimum atomic E-state index is 0.327. The van der Waals surface area contributed by atoms with Gasteiger partial charge in [-0.25, -0.2) is 0 Å². The van der Waals surface area contributed by atoms with Crippen molar-refractivity contribution in [2.24, 2.45) is 11.3 Å². The van der Waals surface area contributed by atoms with Gasteiger partial charge in [0.2, 0.25) is 0 Å². The number of ether oxygens (including phenoxy) is 1. The number of aromatic nitrogens is 2. The van der Waals surface area contributed by atoms with Crippen LogP contribution in [0.15, 0.2) is 0 Å². The zero-order valence-electron chi connectivity index (χ0n) is 12.8. The minimum Gasteiger partial charge on any atom is -0.383 e. The Morgan fingerprint density at radius 1 is 1.21 bits per heavy atom. The lowest BCUT2D eigenvalue weighted by atomic mass is 9.80. The molecule has 4 nitrogen and oxygen atoms in total. The fourth-order valence-electron chi connectivity index (χ4n) is 1.53. The molecule has 1 rings (SSSR count). The van der Waals surface area contributed by atoms with Gasteiger partial charge in [-0.3, -0.25) is 0 Å². The third-order valence-corrected chi connectivity index (χ3v) is 4.47. The molecule has 5 heteroatoms. The molecule has 0 saturated heterocycles. The Morgan fingerprint density at radius 3 is 2.53 bits per heavy atom. The van der Waals surface area contributed by atoms with Crippen molar-refractivity contribution < 1.29 is 4.74 Å². The second-order valence-electron chi connectivity index (χ2n) is 6.05. The fraction of sp³-hybridized carbons (Fsp3) is 0.857. The standard InChI is InChI=1S/C14H27N3OS/c1-11(14(2,3)4)10-13-17-16-12(19-13)6-7-15-8-9-18-5/h11,15H,6-10H2,1-5H3. The van der Waals surface area contributed by atoms with Crippen molar-refractivity contribution in [2.45, 2.75) is 40.5 Å². The number of nitrogens with zero attached hydrogens (tertiary/aromatic N) is 2. The van der Waals surface area contributed by atoms with E-state index in [1.807, 2.05) is 0 Å². The molecule has 0 radical (unpaired) electrons. The first-order valence-corrected chi connectivity index (χ1v) is 7.76. The van der Waals surface area contributed by atoms with E-state index in [9.17, 15) is 0 Å². The normalized spacial score (nSPS) is 13.7. The van der Waals surface area contributed by atoms with Crippen LogP contribution < -0.4 is 5.32 Å². The third-order valence-electron chi connectivity index (χ3n) is 3.47. The van der Waals surface area contributed by atoms with E-state index >= 15 is 0 Å². The van der Waals surface area contributed by atoms with Gasteiger partial charge in [0.1, 0.15) is 10.0 Å². The van der Waals surface area contributed by atoms with E-state index in [1.165, 1.54) is 0 Å². The molecule has 19 heavy (non-hydrogen) atoms. The summed E-state index contributed by atoms with van der Waals surface area (Å²) in [4.78, 5) is 0. The number of nitrogens with one attached hydrogen (secondary N) is 1. The SMILES string of the molecule is COCCNCCc1nnc(CC(C)C(C)(C)C)s1. The van der Waals surface area contributed by atoms with Crippen molar-refractivity contribution in [1.82, 2.24) is 15.5 Å². The van der Waals surface area contributed by atoms with Crippen molar-refractivity contribution >= 4 is 11.3 Å². The predicted molar refractivity (Wildman–Crippen MR) is 80.7 cm³/mol. The summed E-state index contributed by atoms with van der Waals surface area (Å²) in [6.45, 7) is 11.7. The van der Waals surface area contributed by atoms with E-state index in [0.29, 0.717) is 11.3 Å². The molecule has 0 aliphatic heterocycles. The van der Waals surface area contributed by atoms with E-state index in [2.05, 4.69) is 43.2 Å². The van der Waals surface area contributed by atoms with Gasteiger partial charge in [-0.1, -0.05) is 27.7 Å². The van der Waals surface area contributed by atoms with Gasteiger partial charge in [-0.15, -0.1) is 21.5 Å². The largest absolute Gasteiger partial charge is 0.383 e. The van der Waals surface area contributed by atoms with E-state index in [-0.39, 0.29) is 0 Å². The maximum atomic E-state index is 4.99. The molecule has 1 heterocycles. The lowest BCUT2D eigenvalue weighted by Crippen LogP contribution is -2.21. The zero-order valence-corrected chi connectivity index (χ0v) is 13.6. The minimum absolute atomic E-state index is 0.327. The van der Waals surface area contributed by atoms with Gasteiger partial charge in [0.25, 0.3) is 0 Å². The summed E-state index contributed by atoms with van der Waals surface area (Å²) < 4.78 is 4.99. The van der Waals surface area contributed by atoms with Crippen LogP contribution in [0.4, 0.5) is 0 Å². The smallest absolute Gasteiger partial charge is 0.118 e. The molecule has 0 fully saturated rings. The monoisotopic (exact) mass is 285 g/mol. The van der Waals surface area contributed by atoms with Crippen molar-refractivity contribution in [1.29, 1.82) is 0 Å². The molecule has 1 aromatic rings. The number of hydrogen-bond donors (Lipinski definition) is 1. The number of methoxy groups -OCH3 is 1. The molecule has 0 saturated carbocycles. The summed E-state index contributed by atoms with van der Waals surface area (Å²) in [7, 11) is 1.72. The molecule has 0 aliphatic rings. The van der Waals surface area contributed by atoms with Crippen LogP contribution in [-0.2, 0) is 17.6 Å². The molecular weight excluding hydrogens is 258 g/mol. The Morgan fingerprint density at radius 2 is 1.89 bits per heavy atom. The molecule has 0 aliphatic carbocycles. The van der Waals surface area contributed by atoms with Gasteiger partial charge in [0.05, 0.1) is 6.61 Å². The first kappa shape index (κ1) is 16.5. The van der Waals surface area contributed by atoms with Crippen LogP contribution >= 0.6 is 11.3 Å². The summed E-state index contributed by atoms with van der Waals surface area (Å²) in [5.41, 5.74) is 0.327. The molecule has 1 N–H and O–H groups in total. The molecule has 1 unspecified atom stereocenters. The second-order valence-corrected chi connectivity index (χ2v) is 7.20. The van der Waals surface area contributed by atoms with Crippen molar-refractivity contribution in [3.05, 3.63) is 10.0 Å². The first-order valence-electron chi connectivity index (χ1n) is 6.94. The van der Waals surface area contributed by atoms with Crippen molar-refractivity contribution in [2.75, 3.05) is 26.8 Å². The van der Waals surface area contributed by atoms with Gasteiger partial charge in [0, 0.05) is 33.0 Å². The summed E-state index contributed by atoms with van der Waals surface area (Å²) in [5.74, 6) is 0.619. The molecule has 0 spiro atoms. The lowest BCUT2D eigenvalue weighted by molar-refractivity contribution is 0.199. The average molecular weight is 285 g/mol. The fourth-order valence-corrected chi connectivity index (χ4v) is 2.51. The molecule has 0 bridgehead atoms. The molecular formula is C14H27N3OS. The highest BCUT2D eigenvalue weighted by atomic mass is 32.1. The summed E-state index contributed by atoms with van der Waals surface area (Å²) >= 11 is 1.75. The van der Waals surface area contributed by atoms with E-state index in [4.69, 9.17) is 4.74 Å². The van der Waals surface area contributed by atoms with E-state index in [0.717, 1.165) is 42.6 Å². The molecule has 0 aromatic carbocycles. The third kappa shape index (κ3) is 6.45. The number of hydrogen-bond acceptors (Lipinski definition) is 5. The van der Waals surface area contributed by atoms with E-state index in [1.54, 1.807) is 18.4 Å². The Kier molecular flexibility index (Phi) is 6.89.